The zero-order chi connectivity index (χ0) is 14.1. The first-order valence-electron chi connectivity index (χ1n) is 7.92. The molecule has 19 heavy (non-hydrogen) atoms. The van der Waals surface area contributed by atoms with Gasteiger partial charge in [0.05, 0.1) is 0 Å². The predicted molar refractivity (Wildman–Crippen MR) is 87.0 cm³/mol. The minimum Gasteiger partial charge on any atom is -0.0843 e. The molecule has 2 unspecified atom stereocenters. The van der Waals surface area contributed by atoms with E-state index in [2.05, 4.69) is 32.9 Å². The first-order valence-corrected chi connectivity index (χ1v) is 8.30. The molecule has 0 heterocycles. The summed E-state index contributed by atoms with van der Waals surface area (Å²) >= 11 is 5.98. The lowest BCUT2D eigenvalue weighted by molar-refractivity contribution is 0.421. The molecule has 0 aromatic heterocycles. The lowest BCUT2D eigenvalue weighted by Gasteiger charge is -2.19. The van der Waals surface area contributed by atoms with Crippen LogP contribution >= 0.6 is 11.6 Å². The van der Waals surface area contributed by atoms with Gasteiger partial charge in [0, 0.05) is 5.02 Å². The van der Waals surface area contributed by atoms with Gasteiger partial charge in [-0.2, -0.15) is 0 Å². The molecule has 0 saturated carbocycles. The zero-order valence-electron chi connectivity index (χ0n) is 12.8. The van der Waals surface area contributed by atoms with E-state index in [1.54, 1.807) is 0 Å². The first kappa shape index (κ1) is 16.6. The van der Waals surface area contributed by atoms with Crippen molar-refractivity contribution in [3.63, 3.8) is 0 Å². The second-order valence-electron chi connectivity index (χ2n) is 5.86. The average molecular weight is 281 g/mol. The molecule has 0 nitrogen and oxygen atoms in total. The normalized spacial score (nSPS) is 14.3. The molecule has 0 aliphatic carbocycles. The van der Waals surface area contributed by atoms with Crippen LogP contribution in [0.25, 0.3) is 0 Å². The highest BCUT2D eigenvalue weighted by atomic mass is 35.5. The average Bonchev–Trinajstić information content (AvgIpc) is 2.42. The molecule has 108 valence electrons. The van der Waals surface area contributed by atoms with Crippen molar-refractivity contribution in [3.8, 4) is 0 Å². The quantitative estimate of drug-likeness (QED) is 0.465. The maximum atomic E-state index is 5.98. The van der Waals surface area contributed by atoms with Crippen molar-refractivity contribution >= 4 is 11.6 Å². The van der Waals surface area contributed by atoms with Crippen LogP contribution in [0.1, 0.15) is 77.2 Å². The zero-order valence-corrected chi connectivity index (χ0v) is 13.5. The molecule has 0 spiro atoms. The Morgan fingerprint density at radius 2 is 1.58 bits per heavy atom. The highest BCUT2D eigenvalue weighted by Gasteiger charge is 2.12. The van der Waals surface area contributed by atoms with Gasteiger partial charge in [-0.3, -0.25) is 0 Å². The van der Waals surface area contributed by atoms with Crippen molar-refractivity contribution in [2.75, 3.05) is 0 Å². The largest absolute Gasteiger partial charge is 0.0843 e. The molecule has 2 atom stereocenters. The molecule has 1 heteroatoms. The Morgan fingerprint density at radius 3 is 2.16 bits per heavy atom. The third-order valence-electron chi connectivity index (χ3n) is 4.04. The number of halogens is 1. The van der Waals surface area contributed by atoms with Crippen LogP contribution in [0.4, 0.5) is 0 Å². The number of unbranched alkanes of at least 4 members (excludes halogenated alkanes) is 1. The summed E-state index contributed by atoms with van der Waals surface area (Å²) in [5.41, 5.74) is 1.47. The standard InChI is InChI=1S/C18H29Cl/c1-4-6-8-15(3)9-10-16(7-5-2)17-11-13-18(19)14-12-17/h11-16H,4-10H2,1-3H3. The second-order valence-corrected chi connectivity index (χ2v) is 6.30. The first-order chi connectivity index (χ1) is 9.17. The Hall–Kier alpha value is -0.490. The number of benzene rings is 1. The van der Waals surface area contributed by atoms with Gasteiger partial charge in [-0.15, -0.1) is 0 Å². The molecular formula is C18H29Cl. The van der Waals surface area contributed by atoms with Gasteiger partial charge in [0.2, 0.25) is 0 Å². The Kier molecular flexibility index (Phi) is 8.21. The summed E-state index contributed by atoms with van der Waals surface area (Å²) in [6, 6.07) is 8.47. The maximum Gasteiger partial charge on any atom is 0.0406 e. The predicted octanol–water partition coefficient (Wildman–Crippen LogP) is 6.83. The minimum absolute atomic E-state index is 0.714. The van der Waals surface area contributed by atoms with Crippen LogP contribution in [-0.2, 0) is 0 Å². The smallest absolute Gasteiger partial charge is 0.0406 e. The Bertz CT molecular complexity index is 328. The Balaban J connectivity index is 2.50. The fourth-order valence-corrected chi connectivity index (χ4v) is 2.87. The lowest BCUT2D eigenvalue weighted by atomic mass is 9.86. The number of hydrogen-bond acceptors (Lipinski definition) is 0. The van der Waals surface area contributed by atoms with Crippen LogP contribution in [0.2, 0.25) is 5.02 Å². The molecule has 0 bridgehead atoms. The van der Waals surface area contributed by atoms with Crippen molar-refractivity contribution in [1.82, 2.24) is 0 Å². The molecule has 1 aromatic rings. The molecule has 1 aromatic carbocycles. The fraction of sp³-hybridized carbons (Fsp3) is 0.667. The third kappa shape index (κ3) is 6.47. The highest BCUT2D eigenvalue weighted by molar-refractivity contribution is 6.30. The van der Waals surface area contributed by atoms with Crippen LogP contribution in [0.3, 0.4) is 0 Å². The van der Waals surface area contributed by atoms with Gasteiger partial charge < -0.3 is 0 Å². The monoisotopic (exact) mass is 280 g/mol. The lowest BCUT2D eigenvalue weighted by Crippen LogP contribution is -2.03. The molecule has 1 rings (SSSR count). The topological polar surface area (TPSA) is 0 Å². The van der Waals surface area contributed by atoms with Gasteiger partial charge in [-0.05, 0) is 42.4 Å². The molecule has 0 N–H and O–H groups in total. The minimum atomic E-state index is 0.714. The molecule has 0 radical (unpaired) electrons. The van der Waals surface area contributed by atoms with E-state index in [1.807, 2.05) is 12.1 Å². The van der Waals surface area contributed by atoms with Crippen molar-refractivity contribution in [3.05, 3.63) is 34.9 Å². The summed E-state index contributed by atoms with van der Waals surface area (Å²) in [7, 11) is 0. The van der Waals surface area contributed by atoms with Gasteiger partial charge in [-0.1, -0.05) is 76.6 Å². The van der Waals surface area contributed by atoms with E-state index < -0.39 is 0 Å². The molecule has 0 amide bonds. The van der Waals surface area contributed by atoms with E-state index in [0.29, 0.717) is 5.92 Å². The number of hydrogen-bond donors (Lipinski definition) is 0. The van der Waals surface area contributed by atoms with Gasteiger partial charge in [-0.25, -0.2) is 0 Å². The van der Waals surface area contributed by atoms with E-state index in [4.69, 9.17) is 11.6 Å². The van der Waals surface area contributed by atoms with Crippen molar-refractivity contribution < 1.29 is 0 Å². The van der Waals surface area contributed by atoms with Crippen molar-refractivity contribution in [2.45, 2.75) is 71.6 Å². The van der Waals surface area contributed by atoms with Gasteiger partial charge in [0.15, 0.2) is 0 Å². The fourth-order valence-electron chi connectivity index (χ4n) is 2.74. The van der Waals surface area contributed by atoms with Gasteiger partial charge >= 0.3 is 0 Å². The molecular weight excluding hydrogens is 252 g/mol. The SMILES string of the molecule is CCCCC(C)CCC(CCC)c1ccc(Cl)cc1. The Labute approximate surface area is 124 Å². The molecule has 0 aliphatic heterocycles. The van der Waals surface area contributed by atoms with Crippen LogP contribution < -0.4 is 0 Å². The second kappa shape index (κ2) is 9.42. The summed E-state index contributed by atoms with van der Waals surface area (Å²) in [5, 5.41) is 0.843. The summed E-state index contributed by atoms with van der Waals surface area (Å²) < 4.78 is 0. The van der Waals surface area contributed by atoms with Crippen molar-refractivity contribution in [1.29, 1.82) is 0 Å². The summed E-state index contributed by atoms with van der Waals surface area (Å²) in [4.78, 5) is 0. The van der Waals surface area contributed by atoms with E-state index >= 15 is 0 Å². The van der Waals surface area contributed by atoms with Crippen LogP contribution in [0, 0.1) is 5.92 Å². The summed E-state index contributed by atoms with van der Waals surface area (Å²) in [6.45, 7) is 6.96. The Morgan fingerprint density at radius 1 is 0.895 bits per heavy atom. The van der Waals surface area contributed by atoms with E-state index in [0.717, 1.165) is 10.9 Å². The number of rotatable bonds is 9. The van der Waals surface area contributed by atoms with E-state index in [9.17, 15) is 0 Å². The molecule has 0 fully saturated rings. The molecule has 0 saturated heterocycles. The molecule has 0 aliphatic rings. The highest BCUT2D eigenvalue weighted by Crippen LogP contribution is 2.29. The maximum absolute atomic E-state index is 5.98. The third-order valence-corrected chi connectivity index (χ3v) is 4.29. The van der Waals surface area contributed by atoms with Crippen LogP contribution in [0.15, 0.2) is 24.3 Å². The van der Waals surface area contributed by atoms with Crippen LogP contribution in [-0.4, -0.2) is 0 Å². The summed E-state index contributed by atoms with van der Waals surface area (Å²) in [6.07, 6.45) is 9.31. The van der Waals surface area contributed by atoms with Gasteiger partial charge in [0.25, 0.3) is 0 Å². The van der Waals surface area contributed by atoms with E-state index in [1.165, 1.54) is 50.5 Å². The summed E-state index contributed by atoms with van der Waals surface area (Å²) in [5.74, 6) is 1.58. The van der Waals surface area contributed by atoms with Crippen molar-refractivity contribution in [2.24, 2.45) is 5.92 Å². The van der Waals surface area contributed by atoms with Gasteiger partial charge in [0.1, 0.15) is 0 Å². The van der Waals surface area contributed by atoms with Crippen LogP contribution in [0.5, 0.6) is 0 Å². The van der Waals surface area contributed by atoms with E-state index in [-0.39, 0.29) is 0 Å².